The minimum absolute atomic E-state index is 0.234. The molecule has 0 radical (unpaired) electrons. The van der Waals surface area contributed by atoms with Gasteiger partial charge in [0, 0.05) is 0 Å². The minimum Gasteiger partial charge on any atom is -0.493 e. The number of nitrogens with zero attached hydrogens (tertiary/aromatic N) is 1. The van der Waals surface area contributed by atoms with Crippen molar-refractivity contribution >= 4 is 41.0 Å². The van der Waals surface area contributed by atoms with Crippen molar-refractivity contribution in [2.75, 3.05) is 13.7 Å². The largest absolute Gasteiger partial charge is 0.493 e. The summed E-state index contributed by atoms with van der Waals surface area (Å²) in [6.07, 6.45) is 1.43. The Morgan fingerprint density at radius 2 is 1.93 bits per heavy atom. The zero-order valence-corrected chi connectivity index (χ0v) is 17.4. The van der Waals surface area contributed by atoms with Crippen molar-refractivity contribution in [2.24, 2.45) is 5.10 Å². The van der Waals surface area contributed by atoms with E-state index in [0.29, 0.717) is 27.0 Å². The van der Waals surface area contributed by atoms with Gasteiger partial charge in [0.05, 0.1) is 18.3 Å². The number of carbonyl (C=O) groups excluding carboxylic acids is 2. The van der Waals surface area contributed by atoms with Gasteiger partial charge in [-0.15, -0.1) is 11.3 Å². The summed E-state index contributed by atoms with van der Waals surface area (Å²) in [6.45, 7) is -0.234. The Kier molecular flexibility index (Phi) is 7.42. The highest BCUT2D eigenvalue weighted by molar-refractivity contribution is 7.12. The molecule has 0 aliphatic carbocycles. The van der Waals surface area contributed by atoms with Crippen LogP contribution in [0.4, 0.5) is 0 Å². The number of hydrazone groups is 1. The average Bonchev–Trinajstić information content (AvgIpc) is 3.29. The fourth-order valence-electron chi connectivity index (χ4n) is 2.31. The lowest BCUT2D eigenvalue weighted by Crippen LogP contribution is -2.24. The SMILES string of the molecule is COc1cc(/C=N\NC(=O)COc2ccccc2Cl)ccc1OC(=O)c1cccs1. The van der Waals surface area contributed by atoms with E-state index in [9.17, 15) is 9.59 Å². The predicted molar refractivity (Wildman–Crippen MR) is 115 cm³/mol. The van der Waals surface area contributed by atoms with Crippen LogP contribution in [0.5, 0.6) is 17.2 Å². The molecule has 30 heavy (non-hydrogen) atoms. The molecule has 0 saturated carbocycles. The van der Waals surface area contributed by atoms with Gasteiger partial charge in [-0.25, -0.2) is 10.2 Å². The number of esters is 1. The van der Waals surface area contributed by atoms with Gasteiger partial charge >= 0.3 is 5.97 Å². The van der Waals surface area contributed by atoms with Crippen LogP contribution in [0.1, 0.15) is 15.2 Å². The zero-order chi connectivity index (χ0) is 21.3. The van der Waals surface area contributed by atoms with Crippen molar-refractivity contribution in [2.45, 2.75) is 0 Å². The number of hydrogen-bond donors (Lipinski definition) is 1. The standard InChI is InChI=1S/C21H17ClN2O5S/c1-27-18-11-14(8-9-17(18)29-21(26)19-7-4-10-30-19)12-23-24-20(25)13-28-16-6-3-2-5-15(16)22/h2-12H,13H2,1H3,(H,24,25)/b23-12-. The molecule has 1 amide bonds. The summed E-state index contributed by atoms with van der Waals surface area (Å²) in [5.41, 5.74) is 3.00. The Bertz CT molecular complexity index is 1050. The number of methoxy groups -OCH3 is 1. The molecule has 0 aliphatic heterocycles. The fraction of sp³-hybridized carbons (Fsp3) is 0.0952. The van der Waals surface area contributed by atoms with Crippen LogP contribution in [0.25, 0.3) is 0 Å². The maximum absolute atomic E-state index is 12.1. The molecular formula is C21H17ClN2O5S. The summed E-state index contributed by atoms with van der Waals surface area (Å²) in [5, 5.41) is 6.09. The van der Waals surface area contributed by atoms with Crippen molar-refractivity contribution < 1.29 is 23.8 Å². The highest BCUT2D eigenvalue weighted by atomic mass is 35.5. The second-order valence-electron chi connectivity index (χ2n) is 5.79. The third-order valence-electron chi connectivity index (χ3n) is 3.71. The van der Waals surface area contributed by atoms with Gasteiger partial charge in [0.15, 0.2) is 18.1 Å². The summed E-state index contributed by atoms with van der Waals surface area (Å²) in [7, 11) is 1.46. The van der Waals surface area contributed by atoms with E-state index in [1.54, 1.807) is 60.0 Å². The van der Waals surface area contributed by atoms with Crippen LogP contribution >= 0.6 is 22.9 Å². The lowest BCUT2D eigenvalue weighted by molar-refractivity contribution is -0.123. The zero-order valence-electron chi connectivity index (χ0n) is 15.8. The molecule has 0 fully saturated rings. The lowest BCUT2D eigenvalue weighted by atomic mass is 10.2. The van der Waals surface area contributed by atoms with Crippen LogP contribution < -0.4 is 19.6 Å². The summed E-state index contributed by atoms with van der Waals surface area (Å²) >= 11 is 7.25. The van der Waals surface area contributed by atoms with Gasteiger partial charge in [-0.2, -0.15) is 5.10 Å². The molecule has 154 valence electrons. The van der Waals surface area contributed by atoms with Gasteiger partial charge in [0.25, 0.3) is 5.91 Å². The molecule has 1 N–H and O–H groups in total. The van der Waals surface area contributed by atoms with Crippen molar-refractivity contribution in [3.8, 4) is 17.2 Å². The van der Waals surface area contributed by atoms with Gasteiger partial charge in [-0.3, -0.25) is 4.79 Å². The molecule has 0 aliphatic rings. The van der Waals surface area contributed by atoms with E-state index in [0.717, 1.165) is 0 Å². The molecule has 9 heteroatoms. The van der Waals surface area contributed by atoms with E-state index < -0.39 is 11.9 Å². The number of ether oxygens (including phenoxy) is 3. The molecule has 0 spiro atoms. The van der Waals surface area contributed by atoms with Crippen LogP contribution in [0.3, 0.4) is 0 Å². The fourth-order valence-corrected chi connectivity index (χ4v) is 3.10. The molecule has 0 unspecified atom stereocenters. The number of para-hydroxylation sites is 1. The first-order chi connectivity index (χ1) is 14.6. The molecule has 3 rings (SSSR count). The summed E-state index contributed by atoms with van der Waals surface area (Å²) in [5.74, 6) is 0.147. The van der Waals surface area contributed by atoms with E-state index in [1.165, 1.54) is 24.7 Å². The van der Waals surface area contributed by atoms with Gasteiger partial charge in [0.2, 0.25) is 0 Å². The highest BCUT2D eigenvalue weighted by Crippen LogP contribution is 2.29. The van der Waals surface area contributed by atoms with E-state index in [1.807, 2.05) is 0 Å². The Balaban J connectivity index is 1.55. The number of benzene rings is 2. The Morgan fingerprint density at radius 3 is 2.67 bits per heavy atom. The van der Waals surface area contributed by atoms with Gasteiger partial charge in [-0.1, -0.05) is 29.8 Å². The first-order valence-corrected chi connectivity index (χ1v) is 9.95. The van der Waals surface area contributed by atoms with Gasteiger partial charge in [0.1, 0.15) is 10.6 Å². The summed E-state index contributed by atoms with van der Waals surface area (Å²) in [6, 6.07) is 15.2. The van der Waals surface area contributed by atoms with Crippen molar-refractivity contribution in [1.29, 1.82) is 0 Å². The van der Waals surface area contributed by atoms with Crippen LogP contribution in [-0.2, 0) is 4.79 Å². The maximum atomic E-state index is 12.1. The third-order valence-corrected chi connectivity index (χ3v) is 4.87. The number of rotatable bonds is 8. The van der Waals surface area contributed by atoms with E-state index in [4.69, 9.17) is 25.8 Å². The van der Waals surface area contributed by atoms with Gasteiger partial charge in [-0.05, 0) is 47.3 Å². The summed E-state index contributed by atoms with van der Waals surface area (Å²) in [4.78, 5) is 24.4. The Labute approximate surface area is 181 Å². The normalized spacial score (nSPS) is 10.6. The second-order valence-corrected chi connectivity index (χ2v) is 7.14. The molecular weight excluding hydrogens is 428 g/mol. The quantitative estimate of drug-likeness (QED) is 0.244. The molecule has 1 aromatic heterocycles. The van der Waals surface area contributed by atoms with Crippen molar-refractivity contribution in [3.63, 3.8) is 0 Å². The molecule has 0 atom stereocenters. The third kappa shape index (κ3) is 5.82. The molecule has 0 saturated heterocycles. The first-order valence-electron chi connectivity index (χ1n) is 8.70. The molecule has 1 heterocycles. The predicted octanol–water partition coefficient (Wildman–Crippen LogP) is 4.16. The average molecular weight is 445 g/mol. The smallest absolute Gasteiger partial charge is 0.353 e. The van der Waals surface area contributed by atoms with Crippen LogP contribution in [0, 0.1) is 0 Å². The van der Waals surface area contributed by atoms with Crippen molar-refractivity contribution in [1.82, 2.24) is 5.43 Å². The topological polar surface area (TPSA) is 86.2 Å². The lowest BCUT2D eigenvalue weighted by Gasteiger charge is -2.09. The van der Waals surface area contributed by atoms with E-state index in [-0.39, 0.29) is 12.4 Å². The number of hydrogen-bond acceptors (Lipinski definition) is 7. The number of halogens is 1. The van der Waals surface area contributed by atoms with Crippen LogP contribution in [0.15, 0.2) is 65.1 Å². The maximum Gasteiger partial charge on any atom is 0.353 e. The van der Waals surface area contributed by atoms with Crippen LogP contribution in [0.2, 0.25) is 5.02 Å². The van der Waals surface area contributed by atoms with Crippen LogP contribution in [-0.4, -0.2) is 31.8 Å². The Hall–Kier alpha value is -3.36. The number of carbonyl (C=O) groups is 2. The molecule has 3 aromatic rings. The monoisotopic (exact) mass is 444 g/mol. The van der Waals surface area contributed by atoms with E-state index in [2.05, 4.69) is 10.5 Å². The van der Waals surface area contributed by atoms with Gasteiger partial charge < -0.3 is 14.2 Å². The number of thiophene rings is 1. The second kappa shape index (κ2) is 10.4. The first kappa shape index (κ1) is 21.4. The molecule has 7 nitrogen and oxygen atoms in total. The molecule has 0 bridgehead atoms. The number of nitrogens with one attached hydrogen (secondary N) is 1. The molecule has 2 aromatic carbocycles. The van der Waals surface area contributed by atoms with E-state index >= 15 is 0 Å². The summed E-state index contributed by atoms with van der Waals surface area (Å²) < 4.78 is 16.0. The Morgan fingerprint density at radius 1 is 1.10 bits per heavy atom. The van der Waals surface area contributed by atoms with Crippen molar-refractivity contribution in [3.05, 3.63) is 75.4 Å². The number of amides is 1. The highest BCUT2D eigenvalue weighted by Gasteiger charge is 2.13. The minimum atomic E-state index is -0.463.